The highest BCUT2D eigenvalue weighted by atomic mass is 16.5. The van der Waals surface area contributed by atoms with E-state index in [0.29, 0.717) is 0 Å². The Hall–Kier alpha value is -1.42. The van der Waals surface area contributed by atoms with E-state index in [0.717, 1.165) is 36.3 Å². The number of hydrogen-bond donors (Lipinski definition) is 0. The van der Waals surface area contributed by atoms with Gasteiger partial charge in [-0.25, -0.2) is 0 Å². The first-order chi connectivity index (χ1) is 6.77. The van der Waals surface area contributed by atoms with Crippen LogP contribution in [0.5, 0.6) is 5.75 Å². The van der Waals surface area contributed by atoms with Gasteiger partial charge in [-0.1, -0.05) is 19.3 Å². The van der Waals surface area contributed by atoms with Crippen LogP contribution in [0.2, 0.25) is 0 Å². The van der Waals surface area contributed by atoms with Gasteiger partial charge in [0, 0.05) is 5.56 Å². The summed E-state index contributed by atoms with van der Waals surface area (Å²) in [5.41, 5.74) is 2.02. The molecule has 14 heavy (non-hydrogen) atoms. The lowest BCUT2D eigenvalue weighted by Crippen LogP contribution is -1.98. The number of ether oxygens (including phenoxy) is 1. The second-order valence-corrected chi connectivity index (χ2v) is 3.33. The highest BCUT2D eigenvalue weighted by molar-refractivity contribution is 5.42. The molecule has 0 aromatic heterocycles. The van der Waals surface area contributed by atoms with Crippen molar-refractivity contribution in [1.29, 1.82) is 0 Å². The topological polar surface area (TPSA) is 9.23 Å². The average Bonchev–Trinajstić information content (AvgIpc) is 2.20. The first kappa shape index (κ1) is 10.7. The standard InChI is InChI=1S/C13H16O/c1-4-6-9-14-13-8-7-12(5-2)10-11(13)3/h2,7-8,10H,4,6,9H2,1,3H3. The van der Waals surface area contributed by atoms with Gasteiger partial charge in [-0.05, 0) is 37.1 Å². The van der Waals surface area contributed by atoms with E-state index >= 15 is 0 Å². The van der Waals surface area contributed by atoms with E-state index in [-0.39, 0.29) is 0 Å². The lowest BCUT2D eigenvalue weighted by molar-refractivity contribution is 0.307. The molecular weight excluding hydrogens is 172 g/mol. The molecule has 0 aliphatic heterocycles. The molecule has 1 heteroatoms. The quantitative estimate of drug-likeness (QED) is 0.521. The van der Waals surface area contributed by atoms with Crippen molar-refractivity contribution in [2.75, 3.05) is 6.61 Å². The van der Waals surface area contributed by atoms with Crippen LogP contribution in [0.25, 0.3) is 0 Å². The van der Waals surface area contributed by atoms with Crippen LogP contribution in [0.4, 0.5) is 0 Å². The van der Waals surface area contributed by atoms with Crippen molar-refractivity contribution in [2.45, 2.75) is 26.7 Å². The van der Waals surface area contributed by atoms with Gasteiger partial charge in [0.1, 0.15) is 5.75 Å². The minimum absolute atomic E-state index is 0.784. The Morgan fingerprint density at radius 1 is 1.43 bits per heavy atom. The molecule has 0 saturated carbocycles. The van der Waals surface area contributed by atoms with Gasteiger partial charge in [0.15, 0.2) is 0 Å². The van der Waals surface area contributed by atoms with Crippen LogP contribution in [-0.4, -0.2) is 6.61 Å². The third-order valence-corrected chi connectivity index (χ3v) is 2.10. The molecule has 0 N–H and O–H groups in total. The molecule has 1 aromatic rings. The second-order valence-electron chi connectivity index (χ2n) is 3.33. The molecule has 0 spiro atoms. The zero-order valence-corrected chi connectivity index (χ0v) is 8.84. The van der Waals surface area contributed by atoms with Gasteiger partial charge < -0.3 is 4.74 Å². The maximum Gasteiger partial charge on any atom is 0.122 e. The summed E-state index contributed by atoms with van der Waals surface area (Å²) in [7, 11) is 0. The third kappa shape index (κ3) is 2.81. The Labute approximate surface area is 86.1 Å². The predicted molar refractivity (Wildman–Crippen MR) is 59.5 cm³/mol. The minimum Gasteiger partial charge on any atom is -0.493 e. The van der Waals surface area contributed by atoms with E-state index in [2.05, 4.69) is 12.8 Å². The summed E-state index contributed by atoms with van der Waals surface area (Å²) >= 11 is 0. The molecule has 0 heterocycles. The molecule has 0 saturated heterocycles. The van der Waals surface area contributed by atoms with Gasteiger partial charge in [-0.15, -0.1) is 6.42 Å². The first-order valence-corrected chi connectivity index (χ1v) is 4.98. The summed E-state index contributed by atoms with van der Waals surface area (Å²) in [5, 5.41) is 0. The van der Waals surface area contributed by atoms with Gasteiger partial charge in [0.05, 0.1) is 6.61 Å². The molecule has 0 unspecified atom stereocenters. The van der Waals surface area contributed by atoms with Crippen molar-refractivity contribution in [1.82, 2.24) is 0 Å². The summed E-state index contributed by atoms with van der Waals surface area (Å²) in [6, 6.07) is 5.83. The average molecular weight is 188 g/mol. The number of rotatable bonds is 4. The molecule has 1 aromatic carbocycles. The van der Waals surface area contributed by atoms with E-state index in [1.165, 1.54) is 0 Å². The van der Waals surface area contributed by atoms with Crippen LogP contribution in [0.15, 0.2) is 18.2 Å². The molecule has 0 bridgehead atoms. The van der Waals surface area contributed by atoms with Crippen LogP contribution in [0.3, 0.4) is 0 Å². The Morgan fingerprint density at radius 3 is 2.79 bits per heavy atom. The van der Waals surface area contributed by atoms with Crippen molar-refractivity contribution >= 4 is 0 Å². The van der Waals surface area contributed by atoms with Gasteiger partial charge in [-0.2, -0.15) is 0 Å². The van der Waals surface area contributed by atoms with Crippen molar-refractivity contribution in [3.8, 4) is 18.1 Å². The molecular formula is C13H16O. The van der Waals surface area contributed by atoms with Crippen LogP contribution in [-0.2, 0) is 0 Å². The SMILES string of the molecule is C#Cc1ccc(OCCCC)c(C)c1. The van der Waals surface area contributed by atoms with Crippen LogP contribution in [0, 0.1) is 19.3 Å². The third-order valence-electron chi connectivity index (χ3n) is 2.10. The van der Waals surface area contributed by atoms with E-state index in [9.17, 15) is 0 Å². The number of aryl methyl sites for hydroxylation is 1. The molecule has 1 nitrogen and oxygen atoms in total. The largest absolute Gasteiger partial charge is 0.493 e. The van der Waals surface area contributed by atoms with E-state index in [4.69, 9.17) is 11.2 Å². The molecule has 0 amide bonds. The zero-order chi connectivity index (χ0) is 10.4. The first-order valence-electron chi connectivity index (χ1n) is 4.98. The summed E-state index contributed by atoms with van der Waals surface area (Å²) in [6.07, 6.45) is 7.55. The van der Waals surface area contributed by atoms with Crippen molar-refractivity contribution in [3.63, 3.8) is 0 Å². The molecule has 74 valence electrons. The molecule has 0 aliphatic carbocycles. The molecule has 0 radical (unpaired) electrons. The van der Waals surface area contributed by atoms with E-state index in [1.54, 1.807) is 0 Å². The van der Waals surface area contributed by atoms with Crippen molar-refractivity contribution < 1.29 is 4.74 Å². The number of terminal acetylenes is 1. The zero-order valence-electron chi connectivity index (χ0n) is 8.84. The predicted octanol–water partition coefficient (Wildman–Crippen LogP) is 3.16. The van der Waals surface area contributed by atoms with Crippen molar-refractivity contribution in [2.24, 2.45) is 0 Å². The van der Waals surface area contributed by atoms with E-state index in [1.807, 2.05) is 25.1 Å². The van der Waals surface area contributed by atoms with Gasteiger partial charge in [-0.3, -0.25) is 0 Å². The van der Waals surface area contributed by atoms with Gasteiger partial charge in [0.25, 0.3) is 0 Å². The fourth-order valence-corrected chi connectivity index (χ4v) is 1.23. The molecule has 0 fully saturated rings. The number of unbranched alkanes of at least 4 members (excludes halogenated alkanes) is 1. The highest BCUT2D eigenvalue weighted by Gasteiger charge is 1.99. The Morgan fingerprint density at radius 2 is 2.21 bits per heavy atom. The maximum absolute atomic E-state index is 5.61. The highest BCUT2D eigenvalue weighted by Crippen LogP contribution is 2.18. The summed E-state index contributed by atoms with van der Waals surface area (Å²) < 4.78 is 5.61. The van der Waals surface area contributed by atoms with Gasteiger partial charge in [0.2, 0.25) is 0 Å². The smallest absolute Gasteiger partial charge is 0.122 e. The normalized spacial score (nSPS) is 9.50. The maximum atomic E-state index is 5.61. The second kappa shape index (κ2) is 5.34. The Kier molecular flexibility index (Phi) is 4.07. The Balaban J connectivity index is 2.65. The Bertz CT molecular complexity index is 334. The molecule has 0 aliphatic rings. The lowest BCUT2D eigenvalue weighted by Gasteiger charge is -2.08. The summed E-state index contributed by atoms with van der Waals surface area (Å²) in [6.45, 7) is 4.95. The fourth-order valence-electron chi connectivity index (χ4n) is 1.23. The van der Waals surface area contributed by atoms with Crippen molar-refractivity contribution in [3.05, 3.63) is 29.3 Å². The number of benzene rings is 1. The summed E-state index contributed by atoms with van der Waals surface area (Å²) in [5.74, 6) is 3.55. The van der Waals surface area contributed by atoms with Crippen LogP contribution < -0.4 is 4.74 Å². The molecule has 0 atom stereocenters. The fraction of sp³-hybridized carbons (Fsp3) is 0.385. The number of hydrogen-bond acceptors (Lipinski definition) is 1. The van der Waals surface area contributed by atoms with Crippen LogP contribution >= 0.6 is 0 Å². The van der Waals surface area contributed by atoms with Gasteiger partial charge >= 0.3 is 0 Å². The molecule has 1 rings (SSSR count). The summed E-state index contributed by atoms with van der Waals surface area (Å²) in [4.78, 5) is 0. The van der Waals surface area contributed by atoms with E-state index < -0.39 is 0 Å². The van der Waals surface area contributed by atoms with Crippen LogP contribution in [0.1, 0.15) is 30.9 Å². The minimum atomic E-state index is 0.784. The monoisotopic (exact) mass is 188 g/mol. The lowest BCUT2D eigenvalue weighted by atomic mass is 10.1.